The van der Waals surface area contributed by atoms with Crippen molar-refractivity contribution in [2.45, 2.75) is 41.5 Å². The summed E-state index contributed by atoms with van der Waals surface area (Å²) in [5.41, 5.74) is 11.1. The summed E-state index contributed by atoms with van der Waals surface area (Å²) < 4.78 is 5.99. The molecule has 0 amide bonds. The van der Waals surface area contributed by atoms with Gasteiger partial charge in [0.15, 0.2) is 0 Å². The molecular weight excluding hydrogens is 378 g/mol. The monoisotopic (exact) mass is 411 g/mol. The van der Waals surface area contributed by atoms with E-state index in [0.717, 1.165) is 34.2 Å². The van der Waals surface area contributed by atoms with Crippen molar-refractivity contribution >= 4 is 22.8 Å². The molecule has 0 aliphatic rings. The molecule has 3 aromatic rings. The Kier molecular flexibility index (Phi) is 6.26. The third-order valence-electron chi connectivity index (χ3n) is 6.06. The average Bonchev–Trinajstić information content (AvgIpc) is 2.72. The fourth-order valence-corrected chi connectivity index (χ4v) is 4.25. The van der Waals surface area contributed by atoms with Crippen molar-refractivity contribution in [2.75, 3.05) is 0 Å². The molecule has 0 aliphatic carbocycles. The minimum absolute atomic E-state index is 1.00. The highest BCUT2D eigenvalue weighted by Gasteiger charge is 2.15. The molecule has 3 heteroatoms. The lowest BCUT2D eigenvalue weighted by Crippen LogP contribution is -2.42. The molecule has 0 spiro atoms. The molecule has 1 aromatic heterocycles. The van der Waals surface area contributed by atoms with Crippen LogP contribution >= 0.6 is 0 Å². The molecular formula is C28H33N3. The predicted molar refractivity (Wildman–Crippen MR) is 129 cm³/mol. The Labute approximate surface area is 187 Å². The van der Waals surface area contributed by atoms with Crippen LogP contribution in [0.4, 0.5) is 11.4 Å². The summed E-state index contributed by atoms with van der Waals surface area (Å²) in [6, 6.07) is 18.8. The summed E-state index contributed by atoms with van der Waals surface area (Å²) in [4.78, 5) is 0. The molecule has 31 heavy (non-hydrogen) atoms. The number of aromatic nitrogens is 1. The molecule has 2 aromatic carbocycles. The zero-order chi connectivity index (χ0) is 22.9. The quantitative estimate of drug-likeness (QED) is 0.294. The lowest BCUT2D eigenvalue weighted by Gasteiger charge is -2.21. The van der Waals surface area contributed by atoms with E-state index in [4.69, 9.17) is 0 Å². The van der Waals surface area contributed by atoms with Crippen molar-refractivity contribution < 1.29 is 13.7 Å². The fraction of sp³-hybridized carbons (Fsp3) is 0.214. The van der Waals surface area contributed by atoms with Gasteiger partial charge in [0.2, 0.25) is 0 Å². The molecule has 0 atom stereocenters. The lowest BCUT2D eigenvalue weighted by molar-refractivity contribution is -0.619. The largest absolute Gasteiger partial charge is 0.338 e. The number of rotatable bonds is 4. The first-order valence-corrected chi connectivity index (χ1v) is 10.5. The first-order valence-electron chi connectivity index (χ1n) is 10.5. The smallest absolute Gasteiger partial charge is 0.114 e. The van der Waals surface area contributed by atoms with Gasteiger partial charge < -0.3 is 13.7 Å². The van der Waals surface area contributed by atoms with Crippen molar-refractivity contribution in [3.8, 4) is 0 Å². The number of benzene rings is 2. The molecule has 160 valence electrons. The second-order valence-corrected chi connectivity index (χ2v) is 8.23. The molecule has 0 radical (unpaired) electrons. The van der Waals surface area contributed by atoms with Crippen LogP contribution in [0.15, 0.2) is 54.6 Å². The van der Waals surface area contributed by atoms with Gasteiger partial charge in [0, 0.05) is 21.1 Å². The zero-order valence-corrected chi connectivity index (χ0v) is 19.7. The molecule has 0 fully saturated rings. The van der Waals surface area contributed by atoms with Gasteiger partial charge in [0.25, 0.3) is 0 Å². The maximum atomic E-state index is 4.37. The minimum Gasteiger partial charge on any atom is -0.338 e. The summed E-state index contributed by atoms with van der Waals surface area (Å²) in [5, 5.41) is 0. The maximum Gasteiger partial charge on any atom is 0.114 e. The number of hydrogen-bond acceptors (Lipinski definition) is 0. The summed E-state index contributed by atoms with van der Waals surface area (Å²) in [6.45, 7) is 12.6. The van der Waals surface area contributed by atoms with Crippen molar-refractivity contribution in [3.05, 3.63) is 109 Å². The van der Waals surface area contributed by atoms with Crippen molar-refractivity contribution in [3.63, 3.8) is 0 Å². The van der Waals surface area contributed by atoms with E-state index in [0.29, 0.717) is 0 Å². The van der Waals surface area contributed by atoms with Gasteiger partial charge >= 0.3 is 0 Å². The van der Waals surface area contributed by atoms with Gasteiger partial charge in [-0.05, 0) is 63.8 Å². The van der Waals surface area contributed by atoms with Gasteiger partial charge in [0.05, 0.1) is 11.4 Å². The molecule has 0 aliphatic heterocycles. The Balaban J connectivity index is 2.18. The SMILES string of the molecule is [CH2-][N+](=C(C)c1cccc(C(C)=[N+]([CH2-])c2c(C)cccc2C)[n+]1[CH2-])c1c(C)cccc1C. The van der Waals surface area contributed by atoms with Gasteiger partial charge in [0.1, 0.15) is 22.8 Å². The number of pyridine rings is 1. The standard InChI is InChI=1S/C28H33N3/c1-19-13-10-14-20(2)27(19)29(7)23(5)25-17-12-18-26(31(25)9)24(6)30(8)28-21(3)15-11-16-22(28)4/h10-18H,7-9H2,1-6H3. The van der Waals surface area contributed by atoms with Gasteiger partial charge in [-0.25, -0.2) is 0 Å². The lowest BCUT2D eigenvalue weighted by atomic mass is 10.1. The average molecular weight is 412 g/mol. The molecule has 0 saturated heterocycles. The summed E-state index contributed by atoms with van der Waals surface area (Å²) in [7, 11) is 13.1. The topological polar surface area (TPSA) is 9.90 Å². The van der Waals surface area contributed by atoms with Crippen molar-refractivity contribution in [1.82, 2.24) is 0 Å². The van der Waals surface area contributed by atoms with Crippen LogP contribution in [0.25, 0.3) is 0 Å². The Morgan fingerprint density at radius 3 is 1.23 bits per heavy atom. The summed E-state index contributed by atoms with van der Waals surface area (Å²) >= 11 is 0. The zero-order valence-electron chi connectivity index (χ0n) is 19.7. The van der Waals surface area contributed by atoms with Crippen molar-refractivity contribution in [2.24, 2.45) is 0 Å². The van der Waals surface area contributed by atoms with Crippen LogP contribution in [0, 0.1) is 48.8 Å². The van der Waals surface area contributed by atoms with Gasteiger partial charge in [-0.3, -0.25) is 0 Å². The van der Waals surface area contributed by atoms with Crippen molar-refractivity contribution in [1.29, 1.82) is 0 Å². The molecule has 1 heterocycles. The number of aryl methyl sites for hydroxylation is 4. The van der Waals surface area contributed by atoms with Crippen LogP contribution in [-0.2, 0) is 0 Å². The predicted octanol–water partition coefficient (Wildman–Crippen LogP) is 5.74. The van der Waals surface area contributed by atoms with E-state index in [9.17, 15) is 0 Å². The second kappa shape index (κ2) is 8.73. The maximum absolute atomic E-state index is 4.37. The molecule has 3 nitrogen and oxygen atoms in total. The normalized spacial score (nSPS) is 13.0. The first-order chi connectivity index (χ1) is 14.6. The first kappa shape index (κ1) is 22.2. The van der Waals surface area contributed by atoms with E-state index in [-0.39, 0.29) is 0 Å². The van der Waals surface area contributed by atoms with E-state index in [1.54, 1.807) is 0 Å². The van der Waals surface area contributed by atoms with E-state index < -0.39 is 0 Å². The van der Waals surface area contributed by atoms with E-state index in [2.05, 4.69) is 117 Å². The van der Waals surface area contributed by atoms with Crippen LogP contribution in [0.2, 0.25) is 0 Å². The molecule has 0 N–H and O–H groups in total. The Morgan fingerprint density at radius 1 is 0.613 bits per heavy atom. The van der Waals surface area contributed by atoms with E-state index >= 15 is 0 Å². The third-order valence-corrected chi connectivity index (χ3v) is 6.06. The minimum atomic E-state index is 1.00. The number of para-hydroxylation sites is 2. The molecule has 3 rings (SSSR count). The van der Waals surface area contributed by atoms with Crippen LogP contribution in [0.1, 0.15) is 47.5 Å². The highest BCUT2D eigenvalue weighted by Crippen LogP contribution is 2.24. The highest BCUT2D eigenvalue weighted by molar-refractivity contribution is 5.95. The molecule has 0 saturated carbocycles. The fourth-order valence-electron chi connectivity index (χ4n) is 4.25. The van der Waals surface area contributed by atoms with Gasteiger partial charge in [-0.15, -0.1) is 0 Å². The van der Waals surface area contributed by atoms with Crippen LogP contribution in [-0.4, -0.2) is 20.6 Å². The van der Waals surface area contributed by atoms with Crippen LogP contribution in [0.5, 0.6) is 0 Å². The Hall–Kier alpha value is -3.46. The third kappa shape index (κ3) is 4.09. The molecule has 0 unspecified atom stereocenters. The molecule has 0 bridgehead atoms. The number of nitrogens with zero attached hydrogens (tertiary/aromatic N) is 3. The summed E-state index contributed by atoms with van der Waals surface area (Å²) in [6.07, 6.45) is 0. The highest BCUT2D eigenvalue weighted by atomic mass is 15.1. The van der Waals surface area contributed by atoms with Crippen LogP contribution in [0.3, 0.4) is 0 Å². The van der Waals surface area contributed by atoms with E-state index in [1.165, 1.54) is 22.3 Å². The Bertz CT molecular complexity index is 1080. The summed E-state index contributed by atoms with van der Waals surface area (Å²) in [5.74, 6) is 0. The van der Waals surface area contributed by atoms with Crippen LogP contribution < -0.4 is 4.57 Å². The number of hydrogen-bond donors (Lipinski definition) is 0. The Morgan fingerprint density at radius 2 is 0.903 bits per heavy atom. The van der Waals surface area contributed by atoms with Gasteiger partial charge in [-0.1, -0.05) is 54.6 Å². The second-order valence-electron chi connectivity index (χ2n) is 8.23. The van der Waals surface area contributed by atoms with Gasteiger partial charge in [-0.2, -0.15) is 0 Å². The van der Waals surface area contributed by atoms with E-state index in [1.807, 2.05) is 13.7 Å².